The lowest BCUT2D eigenvalue weighted by Crippen LogP contribution is -2.22. The number of carbonyl (C=O) groups excluding carboxylic acids is 1. The fourth-order valence-electron chi connectivity index (χ4n) is 3.88. The molecule has 0 spiro atoms. The lowest BCUT2D eigenvalue weighted by molar-refractivity contribution is 0.0948. The third kappa shape index (κ3) is 4.70. The van der Waals surface area contributed by atoms with Gasteiger partial charge >= 0.3 is 0 Å². The van der Waals surface area contributed by atoms with Crippen molar-refractivity contribution in [2.45, 2.75) is 13.5 Å². The molecule has 2 heterocycles. The van der Waals surface area contributed by atoms with Crippen molar-refractivity contribution >= 4 is 37.4 Å². The van der Waals surface area contributed by atoms with Crippen molar-refractivity contribution in [3.05, 3.63) is 120 Å². The predicted molar refractivity (Wildman–Crippen MR) is 137 cm³/mol. The normalized spacial score (nSPS) is 10.9. The van der Waals surface area contributed by atoms with Gasteiger partial charge < -0.3 is 9.73 Å². The SMILES string of the molecule is Cc1ccc(CNC(=O)c2ccc3sc4ccccc4c(-c4ccc(F)cc4)cccc3c2)o1. The maximum absolute atomic E-state index is 13.5. The molecule has 0 unspecified atom stereocenters. The number of amides is 1. The first-order valence-electron chi connectivity index (χ1n) is 11.0. The van der Waals surface area contributed by atoms with Gasteiger partial charge in [0.25, 0.3) is 5.91 Å². The van der Waals surface area contributed by atoms with Crippen LogP contribution in [0.25, 0.3) is 31.3 Å². The van der Waals surface area contributed by atoms with Crippen LogP contribution >= 0.6 is 11.3 Å². The molecule has 5 aromatic rings. The third-order valence-corrected chi connectivity index (χ3v) is 6.75. The number of halogens is 1. The molecule has 5 heteroatoms. The Kier molecular flexibility index (Phi) is 6.11. The first-order valence-corrected chi connectivity index (χ1v) is 11.8. The van der Waals surface area contributed by atoms with Crippen LogP contribution in [-0.4, -0.2) is 5.91 Å². The van der Waals surface area contributed by atoms with Gasteiger partial charge in [0.1, 0.15) is 17.3 Å². The van der Waals surface area contributed by atoms with E-state index in [4.69, 9.17) is 4.42 Å². The van der Waals surface area contributed by atoms with Crippen molar-refractivity contribution < 1.29 is 13.6 Å². The van der Waals surface area contributed by atoms with Crippen molar-refractivity contribution in [3.8, 4) is 11.1 Å². The van der Waals surface area contributed by atoms with E-state index in [2.05, 4.69) is 17.4 Å². The van der Waals surface area contributed by atoms with Gasteiger partial charge in [0, 0.05) is 15.0 Å². The van der Waals surface area contributed by atoms with E-state index in [-0.39, 0.29) is 11.7 Å². The number of rotatable bonds is 4. The smallest absolute Gasteiger partial charge is 0.251 e. The zero-order valence-corrected chi connectivity index (χ0v) is 19.4. The van der Waals surface area contributed by atoms with Crippen molar-refractivity contribution in [2.75, 3.05) is 0 Å². The number of benzene rings is 3. The first-order chi connectivity index (χ1) is 16.6. The Hall–Kier alpha value is -3.96. The highest BCUT2D eigenvalue weighted by molar-refractivity contribution is 7.24. The van der Waals surface area contributed by atoms with Gasteiger partial charge in [-0.1, -0.05) is 48.5 Å². The van der Waals surface area contributed by atoms with E-state index in [0.29, 0.717) is 12.1 Å². The van der Waals surface area contributed by atoms with Gasteiger partial charge in [0.2, 0.25) is 0 Å². The Morgan fingerprint density at radius 2 is 1.71 bits per heavy atom. The Labute approximate surface area is 200 Å². The summed E-state index contributed by atoms with van der Waals surface area (Å²) in [6.07, 6.45) is 0. The Morgan fingerprint density at radius 3 is 2.50 bits per heavy atom. The van der Waals surface area contributed by atoms with Gasteiger partial charge in [0.05, 0.1) is 6.54 Å². The third-order valence-electron chi connectivity index (χ3n) is 5.58. The molecule has 5 rings (SSSR count). The molecular formula is C29H22FNO2S. The largest absolute Gasteiger partial charge is 0.465 e. The quantitative estimate of drug-likeness (QED) is 0.293. The molecule has 0 radical (unpaired) electrons. The summed E-state index contributed by atoms with van der Waals surface area (Å²) in [4.78, 5) is 12.8. The molecule has 0 fully saturated rings. The summed E-state index contributed by atoms with van der Waals surface area (Å²) in [5.74, 6) is 1.13. The zero-order chi connectivity index (χ0) is 23.5. The molecule has 1 amide bonds. The summed E-state index contributed by atoms with van der Waals surface area (Å²) in [6, 6.07) is 30.2. The second-order valence-corrected chi connectivity index (χ2v) is 9.08. The van der Waals surface area contributed by atoms with E-state index in [0.717, 1.165) is 42.8 Å². The molecule has 0 bridgehead atoms. The number of hydrogen-bond acceptors (Lipinski definition) is 3. The molecule has 34 heavy (non-hydrogen) atoms. The van der Waals surface area contributed by atoms with Crippen LogP contribution in [0.15, 0.2) is 101 Å². The molecule has 0 saturated carbocycles. The molecule has 0 aliphatic carbocycles. The van der Waals surface area contributed by atoms with E-state index in [1.807, 2.05) is 67.6 Å². The standard InChI is InChI=1S/C29H22FNO2S/c1-19-9-15-24(33-19)18-31-29(32)22-12-16-27-21(17-22)5-4-7-25(20-10-13-23(30)14-11-20)26-6-2-3-8-28(26)34-27/h2-17H,18H2,1H3,(H,31,32). The first kappa shape index (κ1) is 21.9. The van der Waals surface area contributed by atoms with Gasteiger partial charge in [-0.2, -0.15) is 0 Å². The second kappa shape index (κ2) is 9.49. The van der Waals surface area contributed by atoms with Crippen LogP contribution in [0.5, 0.6) is 0 Å². The van der Waals surface area contributed by atoms with Crippen LogP contribution in [0.3, 0.4) is 0 Å². The lowest BCUT2D eigenvalue weighted by atomic mass is 10.0. The monoisotopic (exact) mass is 467 g/mol. The molecule has 0 aliphatic rings. The fourth-order valence-corrected chi connectivity index (χ4v) is 4.93. The minimum atomic E-state index is -0.258. The molecule has 0 aliphatic heterocycles. The number of aryl methyl sites for hydroxylation is 1. The fraction of sp³-hybridized carbons (Fsp3) is 0.0690. The van der Waals surface area contributed by atoms with Crippen LogP contribution < -0.4 is 5.32 Å². The Morgan fingerprint density at radius 1 is 0.882 bits per heavy atom. The Balaban J connectivity index is 1.58. The van der Waals surface area contributed by atoms with Gasteiger partial charge in [-0.05, 0) is 77.4 Å². The summed E-state index contributed by atoms with van der Waals surface area (Å²) >= 11 is 1.65. The Bertz CT molecular complexity index is 1550. The van der Waals surface area contributed by atoms with Crippen LogP contribution in [-0.2, 0) is 6.54 Å². The average Bonchev–Trinajstić information content (AvgIpc) is 3.29. The summed E-state index contributed by atoms with van der Waals surface area (Å²) in [6.45, 7) is 2.21. The molecule has 3 nitrogen and oxygen atoms in total. The van der Waals surface area contributed by atoms with Gasteiger partial charge in [0.15, 0.2) is 0 Å². The molecule has 2 aromatic heterocycles. The number of furan rings is 1. The van der Waals surface area contributed by atoms with Crippen molar-refractivity contribution in [3.63, 3.8) is 0 Å². The molecular weight excluding hydrogens is 445 g/mol. The lowest BCUT2D eigenvalue weighted by Gasteiger charge is -2.05. The second-order valence-electron chi connectivity index (χ2n) is 7.99. The number of hydrogen-bond donors (Lipinski definition) is 1. The maximum Gasteiger partial charge on any atom is 0.251 e. The highest BCUT2D eigenvalue weighted by Crippen LogP contribution is 2.31. The minimum absolute atomic E-state index is 0.155. The van der Waals surface area contributed by atoms with Gasteiger partial charge in [-0.3, -0.25) is 4.79 Å². The maximum atomic E-state index is 13.5. The van der Waals surface area contributed by atoms with Gasteiger partial charge in [-0.25, -0.2) is 4.39 Å². The van der Waals surface area contributed by atoms with E-state index < -0.39 is 0 Å². The zero-order valence-electron chi connectivity index (χ0n) is 18.5. The number of nitrogens with one attached hydrogen (secondary N) is 1. The van der Waals surface area contributed by atoms with Crippen LogP contribution in [0, 0.1) is 12.7 Å². The topological polar surface area (TPSA) is 42.2 Å². The summed E-state index contributed by atoms with van der Waals surface area (Å²) < 4.78 is 21.2. The van der Waals surface area contributed by atoms with Crippen LogP contribution in [0.1, 0.15) is 21.9 Å². The van der Waals surface area contributed by atoms with E-state index in [1.165, 1.54) is 12.1 Å². The molecule has 0 atom stereocenters. The summed E-state index contributed by atoms with van der Waals surface area (Å²) in [5, 5.41) is 4.95. The molecule has 1 N–H and O–H groups in total. The van der Waals surface area contributed by atoms with Crippen LogP contribution in [0.4, 0.5) is 4.39 Å². The predicted octanol–water partition coefficient (Wildman–Crippen LogP) is 7.82. The highest BCUT2D eigenvalue weighted by atomic mass is 32.1. The van der Waals surface area contributed by atoms with E-state index in [1.54, 1.807) is 23.5 Å². The number of carbonyl (C=O) groups is 1. The van der Waals surface area contributed by atoms with Crippen molar-refractivity contribution in [2.24, 2.45) is 0 Å². The highest BCUT2D eigenvalue weighted by Gasteiger charge is 2.08. The number of fused-ring (bicyclic) bond motifs is 2. The minimum Gasteiger partial charge on any atom is -0.465 e. The van der Waals surface area contributed by atoms with E-state index >= 15 is 0 Å². The van der Waals surface area contributed by atoms with Gasteiger partial charge in [-0.15, -0.1) is 11.3 Å². The van der Waals surface area contributed by atoms with Crippen molar-refractivity contribution in [1.29, 1.82) is 0 Å². The van der Waals surface area contributed by atoms with Crippen LogP contribution in [0.2, 0.25) is 0 Å². The van der Waals surface area contributed by atoms with E-state index in [9.17, 15) is 9.18 Å². The van der Waals surface area contributed by atoms with Crippen molar-refractivity contribution in [1.82, 2.24) is 5.32 Å². The molecule has 168 valence electrons. The summed E-state index contributed by atoms with van der Waals surface area (Å²) in [7, 11) is 0. The summed E-state index contributed by atoms with van der Waals surface area (Å²) in [5.41, 5.74) is 2.54. The average molecular weight is 468 g/mol. The molecule has 3 aromatic carbocycles. The molecule has 0 saturated heterocycles.